The molecule has 166 valence electrons. The van der Waals surface area contributed by atoms with Gasteiger partial charge < -0.3 is 10.6 Å². The second-order valence-corrected chi connectivity index (χ2v) is 9.78. The van der Waals surface area contributed by atoms with Crippen LogP contribution in [-0.4, -0.2) is 21.1 Å². The molecule has 0 aliphatic carbocycles. The minimum Gasteiger partial charge on any atom is -0.324 e. The molecule has 4 rings (SSSR count). The van der Waals surface area contributed by atoms with Crippen LogP contribution in [0.1, 0.15) is 29.5 Å². The maximum absolute atomic E-state index is 12.5. The number of nitrogens with one attached hydrogen (secondary N) is 2. The van der Waals surface area contributed by atoms with Crippen LogP contribution in [0.5, 0.6) is 0 Å². The van der Waals surface area contributed by atoms with E-state index in [0.29, 0.717) is 23.6 Å². The summed E-state index contributed by atoms with van der Waals surface area (Å²) in [5.41, 5.74) is 2.45. The molecule has 1 aliphatic heterocycles. The van der Waals surface area contributed by atoms with E-state index in [1.807, 2.05) is 43.3 Å². The SMILES string of the molecule is Cc1ccc(S(=O)(=O)OCCCC2(c3ccccc3)NC(=O)Nc3ccc(Cl)cc32)cc1. The van der Waals surface area contributed by atoms with Gasteiger partial charge in [0, 0.05) is 16.3 Å². The molecular formula is C24H23ClN2O4S. The van der Waals surface area contributed by atoms with Crippen molar-refractivity contribution < 1.29 is 17.4 Å². The van der Waals surface area contributed by atoms with Crippen LogP contribution < -0.4 is 10.6 Å². The summed E-state index contributed by atoms with van der Waals surface area (Å²) in [4.78, 5) is 12.6. The molecule has 0 aromatic heterocycles. The normalized spacial score (nSPS) is 17.9. The van der Waals surface area contributed by atoms with Gasteiger partial charge >= 0.3 is 6.03 Å². The second-order valence-electron chi connectivity index (χ2n) is 7.73. The second kappa shape index (κ2) is 8.94. The van der Waals surface area contributed by atoms with E-state index in [2.05, 4.69) is 10.6 Å². The maximum atomic E-state index is 12.5. The van der Waals surface area contributed by atoms with Crippen molar-refractivity contribution in [3.63, 3.8) is 0 Å². The van der Waals surface area contributed by atoms with Gasteiger partial charge in [-0.25, -0.2) is 4.79 Å². The summed E-state index contributed by atoms with van der Waals surface area (Å²) in [5, 5.41) is 6.41. The fraction of sp³-hybridized carbons (Fsp3) is 0.208. The maximum Gasteiger partial charge on any atom is 0.320 e. The van der Waals surface area contributed by atoms with Crippen LogP contribution in [0.3, 0.4) is 0 Å². The highest BCUT2D eigenvalue weighted by Gasteiger charge is 2.41. The highest BCUT2D eigenvalue weighted by Crippen LogP contribution is 2.42. The van der Waals surface area contributed by atoms with Gasteiger partial charge in [-0.2, -0.15) is 8.42 Å². The number of anilines is 1. The predicted molar refractivity (Wildman–Crippen MR) is 124 cm³/mol. The van der Waals surface area contributed by atoms with E-state index in [1.165, 1.54) is 12.1 Å². The van der Waals surface area contributed by atoms with Crippen molar-refractivity contribution in [3.8, 4) is 0 Å². The molecule has 0 fully saturated rings. The Kier molecular flexibility index (Phi) is 6.24. The number of fused-ring (bicyclic) bond motifs is 1. The topological polar surface area (TPSA) is 84.5 Å². The van der Waals surface area contributed by atoms with E-state index in [4.69, 9.17) is 15.8 Å². The third-order valence-electron chi connectivity index (χ3n) is 5.53. The fourth-order valence-electron chi connectivity index (χ4n) is 3.96. The Morgan fingerprint density at radius 3 is 2.44 bits per heavy atom. The van der Waals surface area contributed by atoms with Gasteiger partial charge in [-0.1, -0.05) is 59.6 Å². The van der Waals surface area contributed by atoms with Crippen LogP contribution in [0.25, 0.3) is 0 Å². The number of benzene rings is 3. The standard InChI is InChI=1S/C24H23ClN2O4S/c1-17-8-11-20(12-9-17)32(29,30)31-15-5-14-24(18-6-3-2-4-7-18)21-16-19(25)10-13-22(21)26-23(28)27-24/h2-4,6-13,16H,5,14-15H2,1H3,(H2,26,27,28). The summed E-state index contributed by atoms with van der Waals surface area (Å²) in [5.74, 6) is 0. The van der Waals surface area contributed by atoms with Crippen LogP contribution in [0.4, 0.5) is 10.5 Å². The van der Waals surface area contributed by atoms with Crippen molar-refractivity contribution in [1.82, 2.24) is 5.32 Å². The number of carbonyl (C=O) groups is 1. The molecule has 2 amide bonds. The number of hydrogen-bond donors (Lipinski definition) is 2. The lowest BCUT2D eigenvalue weighted by Crippen LogP contribution is -2.52. The first-order valence-corrected chi connectivity index (χ1v) is 12.0. The van der Waals surface area contributed by atoms with Gasteiger partial charge in [0.2, 0.25) is 0 Å². The summed E-state index contributed by atoms with van der Waals surface area (Å²) < 4.78 is 30.3. The fourth-order valence-corrected chi connectivity index (χ4v) is 5.08. The number of hydrogen-bond acceptors (Lipinski definition) is 4. The molecule has 3 aromatic rings. The van der Waals surface area contributed by atoms with Crippen LogP contribution in [0.15, 0.2) is 77.7 Å². The summed E-state index contributed by atoms with van der Waals surface area (Å²) in [6, 6.07) is 21.0. The zero-order valence-electron chi connectivity index (χ0n) is 17.5. The van der Waals surface area contributed by atoms with Crippen molar-refractivity contribution in [3.05, 3.63) is 94.5 Å². The lowest BCUT2D eigenvalue weighted by Gasteiger charge is -2.40. The number of halogens is 1. The van der Waals surface area contributed by atoms with Gasteiger partial charge in [0.25, 0.3) is 10.1 Å². The van der Waals surface area contributed by atoms with Crippen molar-refractivity contribution >= 4 is 33.4 Å². The van der Waals surface area contributed by atoms with Gasteiger partial charge in [-0.3, -0.25) is 4.18 Å². The molecule has 0 saturated carbocycles. The Morgan fingerprint density at radius 1 is 1.00 bits per heavy atom. The molecule has 0 bridgehead atoms. The molecule has 1 unspecified atom stereocenters. The van der Waals surface area contributed by atoms with Crippen molar-refractivity contribution in [1.29, 1.82) is 0 Å². The molecule has 0 spiro atoms. The minimum absolute atomic E-state index is 0.0238. The van der Waals surface area contributed by atoms with Crippen LogP contribution in [-0.2, 0) is 19.8 Å². The lowest BCUT2D eigenvalue weighted by molar-refractivity contribution is 0.232. The van der Waals surface area contributed by atoms with Crippen molar-refractivity contribution in [2.45, 2.75) is 30.2 Å². The first kappa shape index (κ1) is 22.3. The van der Waals surface area contributed by atoms with Gasteiger partial charge in [0.05, 0.1) is 17.0 Å². The molecule has 1 aliphatic rings. The van der Waals surface area contributed by atoms with E-state index < -0.39 is 15.7 Å². The zero-order valence-corrected chi connectivity index (χ0v) is 19.0. The molecule has 3 aromatic carbocycles. The summed E-state index contributed by atoms with van der Waals surface area (Å²) >= 11 is 6.28. The quantitative estimate of drug-likeness (QED) is 0.366. The largest absolute Gasteiger partial charge is 0.324 e. The van der Waals surface area contributed by atoms with E-state index in [-0.39, 0.29) is 17.5 Å². The number of carbonyl (C=O) groups excluding carboxylic acids is 1. The van der Waals surface area contributed by atoms with Crippen LogP contribution >= 0.6 is 11.6 Å². The molecular weight excluding hydrogens is 448 g/mol. The molecule has 2 N–H and O–H groups in total. The van der Waals surface area contributed by atoms with Crippen LogP contribution in [0.2, 0.25) is 5.02 Å². The number of rotatable bonds is 7. The third-order valence-corrected chi connectivity index (χ3v) is 7.09. The van der Waals surface area contributed by atoms with Gasteiger partial charge in [-0.15, -0.1) is 0 Å². The third kappa shape index (κ3) is 4.50. The monoisotopic (exact) mass is 470 g/mol. The smallest absolute Gasteiger partial charge is 0.320 e. The first-order chi connectivity index (χ1) is 15.3. The minimum atomic E-state index is -3.86. The van der Waals surface area contributed by atoms with Gasteiger partial charge in [0.15, 0.2) is 0 Å². The molecule has 0 radical (unpaired) electrons. The van der Waals surface area contributed by atoms with Gasteiger partial charge in [-0.05, 0) is 55.7 Å². The molecule has 1 heterocycles. The summed E-state index contributed by atoms with van der Waals surface area (Å²) in [7, 11) is -3.86. The van der Waals surface area contributed by atoms with E-state index >= 15 is 0 Å². The molecule has 6 nitrogen and oxygen atoms in total. The molecule has 8 heteroatoms. The van der Waals surface area contributed by atoms with E-state index in [1.54, 1.807) is 24.3 Å². The Labute approximate surface area is 192 Å². The molecule has 32 heavy (non-hydrogen) atoms. The summed E-state index contributed by atoms with van der Waals surface area (Å²) in [6.45, 7) is 1.86. The Balaban J connectivity index is 1.59. The number of urea groups is 1. The zero-order chi connectivity index (χ0) is 22.8. The Bertz CT molecular complexity index is 1230. The lowest BCUT2D eigenvalue weighted by atomic mass is 9.77. The van der Waals surface area contributed by atoms with E-state index in [9.17, 15) is 13.2 Å². The Morgan fingerprint density at radius 2 is 1.72 bits per heavy atom. The molecule has 1 atom stereocenters. The number of aryl methyl sites for hydroxylation is 1. The first-order valence-electron chi connectivity index (χ1n) is 10.2. The average molecular weight is 471 g/mol. The molecule has 0 saturated heterocycles. The average Bonchev–Trinajstić information content (AvgIpc) is 2.78. The van der Waals surface area contributed by atoms with Crippen LogP contribution in [0, 0.1) is 6.92 Å². The highest BCUT2D eigenvalue weighted by atomic mass is 35.5. The number of amides is 2. The van der Waals surface area contributed by atoms with Crippen molar-refractivity contribution in [2.24, 2.45) is 0 Å². The van der Waals surface area contributed by atoms with E-state index in [0.717, 1.165) is 16.7 Å². The van der Waals surface area contributed by atoms with Crippen molar-refractivity contribution in [2.75, 3.05) is 11.9 Å². The predicted octanol–water partition coefficient (Wildman–Crippen LogP) is 5.21. The Hall–Kier alpha value is -2.87. The highest BCUT2D eigenvalue weighted by molar-refractivity contribution is 7.86. The van der Waals surface area contributed by atoms with Gasteiger partial charge in [0.1, 0.15) is 0 Å². The summed E-state index contributed by atoms with van der Waals surface area (Å²) in [6.07, 6.45) is 0.799.